The molecule has 1 aliphatic heterocycles. The molecule has 0 bridgehead atoms. The molecule has 4 rings (SSSR count). The number of hydrazone groups is 1. The van der Waals surface area contributed by atoms with Crippen LogP contribution in [0.15, 0.2) is 77.5 Å². The molecule has 9 nitrogen and oxygen atoms in total. The van der Waals surface area contributed by atoms with Crippen LogP contribution in [-0.2, 0) is 4.79 Å². The van der Waals surface area contributed by atoms with Gasteiger partial charge in [0.15, 0.2) is 11.5 Å². The maximum absolute atomic E-state index is 12.9. The summed E-state index contributed by atoms with van der Waals surface area (Å²) in [5, 5.41) is 16.6. The van der Waals surface area contributed by atoms with Gasteiger partial charge in [-0.05, 0) is 48.0 Å². The summed E-state index contributed by atoms with van der Waals surface area (Å²) >= 11 is 0. The van der Waals surface area contributed by atoms with Crippen LogP contribution in [0, 0.1) is 0 Å². The lowest BCUT2D eigenvalue weighted by Gasteiger charge is -2.09. The fraction of sp³-hybridized carbons (Fsp3) is 0.0800. The number of amides is 2. The Morgan fingerprint density at radius 2 is 1.82 bits per heavy atom. The lowest BCUT2D eigenvalue weighted by molar-refractivity contribution is -0.117. The Kier molecular flexibility index (Phi) is 6.73. The summed E-state index contributed by atoms with van der Waals surface area (Å²) in [5.41, 5.74) is 3.70. The van der Waals surface area contributed by atoms with E-state index in [-0.39, 0.29) is 18.2 Å². The topological polar surface area (TPSA) is 118 Å². The van der Waals surface area contributed by atoms with E-state index in [2.05, 4.69) is 15.8 Å². The third kappa shape index (κ3) is 5.33. The maximum atomic E-state index is 12.9. The van der Waals surface area contributed by atoms with Gasteiger partial charge in [-0.1, -0.05) is 24.3 Å². The minimum absolute atomic E-state index is 0.0381. The van der Waals surface area contributed by atoms with Gasteiger partial charge in [0.25, 0.3) is 11.8 Å². The van der Waals surface area contributed by atoms with E-state index in [1.54, 1.807) is 60.7 Å². The van der Waals surface area contributed by atoms with Gasteiger partial charge in [-0.15, -0.1) is 0 Å². The number of ether oxygens (including phenoxy) is 3. The smallest absolute Gasteiger partial charge is 0.287 e. The Morgan fingerprint density at radius 3 is 2.59 bits per heavy atom. The van der Waals surface area contributed by atoms with Crippen LogP contribution in [0.2, 0.25) is 0 Å². The van der Waals surface area contributed by atoms with Crippen molar-refractivity contribution in [3.05, 3.63) is 89.1 Å². The Bertz CT molecular complexity index is 1270. The highest BCUT2D eigenvalue weighted by Crippen LogP contribution is 2.33. The number of carbonyl (C=O) groups is 2. The van der Waals surface area contributed by atoms with Gasteiger partial charge < -0.3 is 24.6 Å². The van der Waals surface area contributed by atoms with Crippen molar-refractivity contribution >= 4 is 24.1 Å². The second kappa shape index (κ2) is 10.2. The van der Waals surface area contributed by atoms with Crippen LogP contribution in [0.5, 0.6) is 23.0 Å². The number of nitrogens with zero attached hydrogens (tertiary/aromatic N) is 1. The summed E-state index contributed by atoms with van der Waals surface area (Å²) < 4.78 is 15.7. The number of phenols is 1. The van der Waals surface area contributed by atoms with E-state index in [4.69, 9.17) is 14.2 Å². The standard InChI is InChI=1S/C25H21N3O6/c1-32-19-9-8-18(21(29)13-19)14-26-28-25(31)20(27-24(30)17-5-3-2-4-6-17)11-16-7-10-22-23(12-16)34-15-33-22/h2-14,29H,15H2,1H3,(H,27,30)(H,28,31). The number of phenolic OH excluding ortho intramolecular Hbond substituents is 1. The quantitative estimate of drug-likeness (QED) is 0.284. The third-order valence-electron chi connectivity index (χ3n) is 4.84. The number of aromatic hydroxyl groups is 1. The monoisotopic (exact) mass is 459 g/mol. The van der Waals surface area contributed by atoms with Crippen molar-refractivity contribution in [2.24, 2.45) is 5.10 Å². The summed E-state index contributed by atoms with van der Waals surface area (Å²) in [7, 11) is 1.49. The van der Waals surface area contributed by atoms with Gasteiger partial charge in [0.05, 0.1) is 13.3 Å². The Labute approximate surface area is 195 Å². The van der Waals surface area contributed by atoms with E-state index >= 15 is 0 Å². The van der Waals surface area contributed by atoms with Gasteiger partial charge in [-0.3, -0.25) is 9.59 Å². The van der Waals surface area contributed by atoms with E-state index in [1.165, 1.54) is 25.5 Å². The predicted molar refractivity (Wildman–Crippen MR) is 125 cm³/mol. The Hall–Kier alpha value is -4.79. The predicted octanol–water partition coefficient (Wildman–Crippen LogP) is 3.05. The molecule has 0 radical (unpaired) electrons. The lowest BCUT2D eigenvalue weighted by atomic mass is 10.1. The Morgan fingerprint density at radius 1 is 1.03 bits per heavy atom. The molecule has 3 aromatic rings. The summed E-state index contributed by atoms with van der Waals surface area (Å²) in [6.45, 7) is 0.119. The van der Waals surface area contributed by atoms with Crippen molar-refractivity contribution in [2.75, 3.05) is 13.9 Å². The SMILES string of the molecule is COc1ccc(C=NNC(=O)C(=Cc2ccc3c(c2)OCO3)NC(=O)c2ccccc2)c(O)c1. The van der Waals surface area contributed by atoms with Gasteiger partial charge in [0, 0.05) is 17.2 Å². The second-order valence-corrected chi connectivity index (χ2v) is 7.11. The number of nitrogens with one attached hydrogen (secondary N) is 2. The molecule has 0 fully saturated rings. The number of hydrogen-bond donors (Lipinski definition) is 3. The highest BCUT2D eigenvalue weighted by atomic mass is 16.7. The molecular formula is C25H21N3O6. The molecule has 9 heteroatoms. The highest BCUT2D eigenvalue weighted by Gasteiger charge is 2.17. The first kappa shape index (κ1) is 22.4. The molecule has 172 valence electrons. The summed E-state index contributed by atoms with van der Waals surface area (Å²) in [6.07, 6.45) is 2.78. The van der Waals surface area contributed by atoms with Crippen molar-refractivity contribution in [1.29, 1.82) is 0 Å². The number of benzene rings is 3. The normalized spacial score (nSPS) is 12.4. The largest absolute Gasteiger partial charge is 0.507 e. The fourth-order valence-electron chi connectivity index (χ4n) is 3.09. The first-order chi connectivity index (χ1) is 16.5. The zero-order valence-corrected chi connectivity index (χ0v) is 18.1. The van der Waals surface area contributed by atoms with Crippen LogP contribution < -0.4 is 25.0 Å². The van der Waals surface area contributed by atoms with Crippen LogP contribution in [0.3, 0.4) is 0 Å². The first-order valence-electron chi connectivity index (χ1n) is 10.2. The van der Waals surface area contributed by atoms with Crippen LogP contribution in [-0.4, -0.2) is 37.0 Å². The highest BCUT2D eigenvalue weighted by molar-refractivity contribution is 6.05. The molecule has 3 N–H and O–H groups in total. The zero-order chi connectivity index (χ0) is 23.9. The van der Waals surface area contributed by atoms with Crippen LogP contribution in [0.4, 0.5) is 0 Å². The number of rotatable bonds is 7. The molecule has 34 heavy (non-hydrogen) atoms. The van der Waals surface area contributed by atoms with Crippen molar-refractivity contribution in [3.8, 4) is 23.0 Å². The molecule has 3 aromatic carbocycles. The van der Waals surface area contributed by atoms with Gasteiger partial charge >= 0.3 is 0 Å². The number of methoxy groups -OCH3 is 1. The first-order valence-corrected chi connectivity index (χ1v) is 10.2. The molecule has 0 aliphatic carbocycles. The zero-order valence-electron chi connectivity index (χ0n) is 18.1. The molecule has 0 aromatic heterocycles. The molecule has 1 aliphatic rings. The van der Waals surface area contributed by atoms with Crippen molar-refractivity contribution in [1.82, 2.24) is 10.7 Å². The van der Waals surface area contributed by atoms with E-state index in [9.17, 15) is 14.7 Å². The average molecular weight is 459 g/mol. The Balaban J connectivity index is 1.55. The number of fused-ring (bicyclic) bond motifs is 1. The summed E-state index contributed by atoms with van der Waals surface area (Å²) in [6, 6.07) is 18.3. The van der Waals surface area contributed by atoms with Gasteiger partial charge in [-0.25, -0.2) is 5.43 Å². The molecule has 0 atom stereocenters. The summed E-state index contributed by atoms with van der Waals surface area (Å²) in [4.78, 5) is 25.6. The number of carbonyl (C=O) groups excluding carboxylic acids is 2. The maximum Gasteiger partial charge on any atom is 0.287 e. The van der Waals surface area contributed by atoms with Crippen molar-refractivity contribution in [3.63, 3.8) is 0 Å². The minimum Gasteiger partial charge on any atom is -0.507 e. The second-order valence-electron chi connectivity index (χ2n) is 7.11. The lowest BCUT2D eigenvalue weighted by Crippen LogP contribution is -2.32. The summed E-state index contributed by atoms with van der Waals surface area (Å²) in [5.74, 6) is 0.434. The molecule has 0 saturated heterocycles. The molecule has 0 unspecified atom stereocenters. The van der Waals surface area contributed by atoms with Crippen LogP contribution >= 0.6 is 0 Å². The van der Waals surface area contributed by atoms with E-state index in [0.29, 0.717) is 33.9 Å². The molecular weight excluding hydrogens is 438 g/mol. The third-order valence-corrected chi connectivity index (χ3v) is 4.84. The molecule has 1 heterocycles. The van der Waals surface area contributed by atoms with E-state index in [0.717, 1.165) is 0 Å². The van der Waals surface area contributed by atoms with Gasteiger partial charge in [-0.2, -0.15) is 5.10 Å². The van der Waals surface area contributed by atoms with E-state index in [1.807, 2.05) is 0 Å². The van der Waals surface area contributed by atoms with Crippen LogP contribution in [0.1, 0.15) is 21.5 Å². The van der Waals surface area contributed by atoms with Crippen LogP contribution in [0.25, 0.3) is 6.08 Å². The molecule has 0 saturated carbocycles. The van der Waals surface area contributed by atoms with Crippen molar-refractivity contribution in [2.45, 2.75) is 0 Å². The molecule has 2 amide bonds. The minimum atomic E-state index is -0.661. The van der Waals surface area contributed by atoms with Crippen molar-refractivity contribution < 1.29 is 28.9 Å². The van der Waals surface area contributed by atoms with E-state index < -0.39 is 11.8 Å². The molecule has 0 spiro atoms. The van der Waals surface area contributed by atoms with Gasteiger partial charge in [0.1, 0.15) is 17.2 Å². The fourth-order valence-corrected chi connectivity index (χ4v) is 3.09. The average Bonchev–Trinajstić information content (AvgIpc) is 3.33. The number of hydrogen-bond acceptors (Lipinski definition) is 7. The van der Waals surface area contributed by atoms with Gasteiger partial charge in [0.2, 0.25) is 6.79 Å².